The average molecular weight is 305 g/mol. The molecule has 0 aliphatic carbocycles. The SMILES string of the molecule is Cc1ccc(F)c(OCCOc2cccc(C(N)=S)c2)c1. The molecule has 110 valence electrons. The van der Waals surface area contributed by atoms with Gasteiger partial charge in [0.05, 0.1) is 0 Å². The van der Waals surface area contributed by atoms with Crippen LogP contribution < -0.4 is 15.2 Å². The van der Waals surface area contributed by atoms with E-state index in [9.17, 15) is 4.39 Å². The van der Waals surface area contributed by atoms with E-state index >= 15 is 0 Å². The maximum Gasteiger partial charge on any atom is 0.165 e. The first-order valence-electron chi connectivity index (χ1n) is 6.48. The number of rotatable bonds is 6. The highest BCUT2D eigenvalue weighted by Crippen LogP contribution is 2.18. The fourth-order valence-electron chi connectivity index (χ4n) is 1.77. The van der Waals surface area contributed by atoms with Crippen LogP contribution in [0.3, 0.4) is 0 Å². The van der Waals surface area contributed by atoms with Crippen LogP contribution in [0, 0.1) is 12.7 Å². The first kappa shape index (κ1) is 15.3. The van der Waals surface area contributed by atoms with Crippen LogP contribution in [0.2, 0.25) is 0 Å². The van der Waals surface area contributed by atoms with Gasteiger partial charge in [-0.1, -0.05) is 30.4 Å². The van der Waals surface area contributed by atoms with Crippen molar-refractivity contribution >= 4 is 17.2 Å². The lowest BCUT2D eigenvalue weighted by Gasteiger charge is -2.10. The van der Waals surface area contributed by atoms with Gasteiger partial charge in [0.2, 0.25) is 0 Å². The maximum absolute atomic E-state index is 13.5. The molecule has 2 rings (SSSR count). The number of nitrogens with two attached hydrogens (primary N) is 1. The Kier molecular flexibility index (Phi) is 5.11. The number of hydrogen-bond acceptors (Lipinski definition) is 3. The Morgan fingerprint density at radius 2 is 1.90 bits per heavy atom. The summed E-state index contributed by atoms with van der Waals surface area (Å²) < 4.78 is 24.4. The van der Waals surface area contributed by atoms with Crippen molar-refractivity contribution in [2.75, 3.05) is 13.2 Å². The predicted molar refractivity (Wildman–Crippen MR) is 84.5 cm³/mol. The second-order valence-corrected chi connectivity index (χ2v) is 4.96. The minimum atomic E-state index is -0.379. The highest BCUT2D eigenvalue weighted by molar-refractivity contribution is 7.80. The van der Waals surface area contributed by atoms with Gasteiger partial charge in [0, 0.05) is 5.56 Å². The number of aryl methyl sites for hydroxylation is 1. The van der Waals surface area contributed by atoms with Gasteiger partial charge in [-0.25, -0.2) is 4.39 Å². The summed E-state index contributed by atoms with van der Waals surface area (Å²) >= 11 is 4.90. The van der Waals surface area contributed by atoms with E-state index in [0.29, 0.717) is 17.3 Å². The van der Waals surface area contributed by atoms with Crippen molar-refractivity contribution in [2.45, 2.75) is 6.92 Å². The molecule has 0 aromatic heterocycles. The summed E-state index contributed by atoms with van der Waals surface area (Å²) in [5.74, 6) is 0.500. The smallest absolute Gasteiger partial charge is 0.165 e. The second-order valence-electron chi connectivity index (χ2n) is 4.52. The summed E-state index contributed by atoms with van der Waals surface area (Å²) in [4.78, 5) is 0.318. The zero-order valence-electron chi connectivity index (χ0n) is 11.6. The fourth-order valence-corrected chi connectivity index (χ4v) is 1.90. The molecule has 0 fully saturated rings. The molecule has 0 unspecified atom stereocenters. The molecule has 3 nitrogen and oxygen atoms in total. The molecule has 21 heavy (non-hydrogen) atoms. The lowest BCUT2D eigenvalue weighted by molar-refractivity contribution is 0.211. The Bertz CT molecular complexity index is 646. The molecular formula is C16H16FNO2S. The van der Waals surface area contributed by atoms with Crippen LogP contribution in [-0.4, -0.2) is 18.2 Å². The number of thiocarbonyl (C=S) groups is 1. The largest absolute Gasteiger partial charge is 0.490 e. The van der Waals surface area contributed by atoms with Crippen LogP contribution in [0.15, 0.2) is 42.5 Å². The van der Waals surface area contributed by atoms with Crippen LogP contribution >= 0.6 is 12.2 Å². The maximum atomic E-state index is 13.5. The van der Waals surface area contributed by atoms with E-state index in [1.807, 2.05) is 19.1 Å². The average Bonchev–Trinajstić information content (AvgIpc) is 2.47. The molecule has 0 heterocycles. The van der Waals surface area contributed by atoms with E-state index in [1.165, 1.54) is 6.07 Å². The van der Waals surface area contributed by atoms with Crippen LogP contribution in [0.25, 0.3) is 0 Å². The second kappa shape index (κ2) is 7.04. The van der Waals surface area contributed by atoms with Gasteiger partial charge in [0.15, 0.2) is 11.6 Å². The third kappa shape index (κ3) is 4.43. The lowest BCUT2D eigenvalue weighted by Crippen LogP contribution is -2.11. The first-order chi connectivity index (χ1) is 10.1. The van der Waals surface area contributed by atoms with Crippen LogP contribution in [-0.2, 0) is 0 Å². The third-order valence-electron chi connectivity index (χ3n) is 2.81. The number of halogens is 1. The van der Waals surface area contributed by atoms with Gasteiger partial charge in [-0.3, -0.25) is 0 Å². The summed E-state index contributed by atoms with van der Waals surface area (Å²) in [6.07, 6.45) is 0. The Hall–Kier alpha value is -2.14. The minimum Gasteiger partial charge on any atom is -0.490 e. The zero-order valence-corrected chi connectivity index (χ0v) is 12.5. The number of ether oxygens (including phenoxy) is 2. The summed E-state index contributed by atoms with van der Waals surface area (Å²) in [7, 11) is 0. The van der Waals surface area contributed by atoms with Gasteiger partial charge in [0.1, 0.15) is 24.0 Å². The monoisotopic (exact) mass is 305 g/mol. The Morgan fingerprint density at radius 1 is 1.14 bits per heavy atom. The predicted octanol–water partition coefficient (Wildman–Crippen LogP) is 3.23. The van der Waals surface area contributed by atoms with E-state index < -0.39 is 0 Å². The van der Waals surface area contributed by atoms with Crippen molar-refractivity contribution in [1.82, 2.24) is 0 Å². The van der Waals surface area contributed by atoms with E-state index in [0.717, 1.165) is 11.1 Å². The molecule has 2 aromatic rings. The Balaban J connectivity index is 1.86. The van der Waals surface area contributed by atoms with E-state index in [-0.39, 0.29) is 18.2 Å². The molecule has 5 heteroatoms. The summed E-state index contributed by atoms with van der Waals surface area (Å²) in [6.45, 7) is 2.43. The summed E-state index contributed by atoms with van der Waals surface area (Å²) in [5.41, 5.74) is 7.24. The molecule has 0 amide bonds. The molecule has 2 aromatic carbocycles. The van der Waals surface area contributed by atoms with Gasteiger partial charge >= 0.3 is 0 Å². The Morgan fingerprint density at radius 3 is 2.67 bits per heavy atom. The highest BCUT2D eigenvalue weighted by Gasteiger charge is 2.04. The molecule has 0 bridgehead atoms. The van der Waals surface area contributed by atoms with E-state index in [4.69, 9.17) is 27.4 Å². The van der Waals surface area contributed by atoms with Crippen molar-refractivity contribution in [3.8, 4) is 11.5 Å². The van der Waals surface area contributed by atoms with E-state index in [2.05, 4.69) is 0 Å². The molecule has 0 saturated heterocycles. The van der Waals surface area contributed by atoms with Crippen LogP contribution in [0.1, 0.15) is 11.1 Å². The molecule has 2 N–H and O–H groups in total. The minimum absolute atomic E-state index is 0.232. The van der Waals surface area contributed by atoms with Crippen LogP contribution in [0.4, 0.5) is 4.39 Å². The number of hydrogen-bond donors (Lipinski definition) is 1. The molecule has 0 spiro atoms. The molecule has 0 aliphatic rings. The topological polar surface area (TPSA) is 44.5 Å². The van der Waals surface area contributed by atoms with Gasteiger partial charge in [-0.15, -0.1) is 0 Å². The molecule has 0 saturated carbocycles. The van der Waals surface area contributed by atoms with Gasteiger partial charge in [0.25, 0.3) is 0 Å². The number of benzene rings is 2. The van der Waals surface area contributed by atoms with Gasteiger partial charge < -0.3 is 15.2 Å². The normalized spacial score (nSPS) is 10.2. The molecular weight excluding hydrogens is 289 g/mol. The van der Waals surface area contributed by atoms with Crippen molar-refractivity contribution < 1.29 is 13.9 Å². The van der Waals surface area contributed by atoms with Crippen LogP contribution in [0.5, 0.6) is 11.5 Å². The summed E-state index contributed by atoms with van der Waals surface area (Å²) in [5, 5.41) is 0. The van der Waals surface area contributed by atoms with E-state index in [1.54, 1.807) is 24.3 Å². The standard InChI is InChI=1S/C16H16FNO2S/c1-11-5-6-14(17)15(9-11)20-8-7-19-13-4-2-3-12(10-13)16(18)21/h2-6,9-10H,7-8H2,1H3,(H2,18,21). The molecule has 0 aliphatic heterocycles. The quantitative estimate of drug-likeness (QED) is 0.657. The van der Waals surface area contributed by atoms with Gasteiger partial charge in [-0.05, 0) is 36.8 Å². The lowest BCUT2D eigenvalue weighted by atomic mass is 10.2. The van der Waals surface area contributed by atoms with Gasteiger partial charge in [-0.2, -0.15) is 0 Å². The third-order valence-corrected chi connectivity index (χ3v) is 3.05. The molecule has 0 radical (unpaired) electrons. The first-order valence-corrected chi connectivity index (χ1v) is 6.89. The van der Waals surface area contributed by atoms with Crippen molar-refractivity contribution in [1.29, 1.82) is 0 Å². The molecule has 0 atom stereocenters. The zero-order chi connectivity index (χ0) is 15.2. The van der Waals surface area contributed by atoms with Crippen molar-refractivity contribution in [2.24, 2.45) is 5.73 Å². The Labute approximate surface area is 128 Å². The van der Waals surface area contributed by atoms with Crippen molar-refractivity contribution in [3.63, 3.8) is 0 Å². The highest BCUT2D eigenvalue weighted by atomic mass is 32.1. The van der Waals surface area contributed by atoms with Crippen molar-refractivity contribution in [3.05, 3.63) is 59.4 Å². The fraction of sp³-hybridized carbons (Fsp3) is 0.188. The summed E-state index contributed by atoms with van der Waals surface area (Å²) in [6, 6.07) is 11.9.